The van der Waals surface area contributed by atoms with Crippen molar-refractivity contribution in [1.82, 2.24) is 0 Å². The molecule has 0 aliphatic rings. The Bertz CT molecular complexity index is 649. The Labute approximate surface area is 106 Å². The average molecular weight is 240 g/mol. The number of thiophene rings is 1. The van der Waals surface area contributed by atoms with E-state index in [-0.39, 0.29) is 0 Å². The van der Waals surface area contributed by atoms with Crippen molar-refractivity contribution >= 4 is 31.5 Å². The number of aryl methyl sites for hydroxylation is 1. The zero-order valence-corrected chi connectivity index (χ0v) is 10.9. The van der Waals surface area contributed by atoms with Crippen molar-refractivity contribution in [2.45, 2.75) is 26.2 Å². The van der Waals surface area contributed by atoms with E-state index < -0.39 is 0 Å². The fraction of sp³-hybridized carbons (Fsp3) is 0.250. The lowest BCUT2D eigenvalue weighted by Crippen LogP contribution is -1.83. The highest BCUT2D eigenvalue weighted by atomic mass is 32.1. The van der Waals surface area contributed by atoms with Crippen molar-refractivity contribution in [1.29, 1.82) is 0 Å². The smallest absolute Gasteiger partial charge is 0.0387 e. The summed E-state index contributed by atoms with van der Waals surface area (Å²) >= 11 is 1.94. The molecule has 0 saturated carbocycles. The third-order valence-corrected chi connectivity index (χ3v) is 4.55. The summed E-state index contributed by atoms with van der Waals surface area (Å²) in [7, 11) is 0. The molecule has 1 heterocycles. The average Bonchev–Trinajstić information content (AvgIpc) is 2.75. The zero-order chi connectivity index (χ0) is 11.7. The molecule has 0 unspecified atom stereocenters. The van der Waals surface area contributed by atoms with Crippen molar-refractivity contribution < 1.29 is 0 Å². The summed E-state index contributed by atoms with van der Waals surface area (Å²) < 4.78 is 2.90. The lowest BCUT2D eigenvalue weighted by Gasteiger charge is -2.01. The Morgan fingerprint density at radius 2 is 1.76 bits per heavy atom. The number of unbranched alkanes of at least 4 members (excludes halogenated alkanes) is 1. The maximum absolute atomic E-state index is 2.29. The fourth-order valence-corrected chi connectivity index (χ4v) is 3.61. The third-order valence-electron chi connectivity index (χ3n) is 3.29. The van der Waals surface area contributed by atoms with E-state index in [1.807, 2.05) is 11.3 Å². The fourth-order valence-electron chi connectivity index (χ4n) is 2.37. The molecule has 1 aromatic heterocycles. The van der Waals surface area contributed by atoms with Crippen LogP contribution < -0.4 is 0 Å². The first kappa shape index (κ1) is 10.8. The second-order valence-corrected chi connectivity index (χ2v) is 5.55. The molecular formula is C16H16S. The normalized spacial score (nSPS) is 11.4. The summed E-state index contributed by atoms with van der Waals surface area (Å²) in [5.74, 6) is 0. The molecule has 0 radical (unpaired) electrons. The molecule has 0 spiro atoms. The van der Waals surface area contributed by atoms with Gasteiger partial charge in [0.2, 0.25) is 0 Å². The SMILES string of the molecule is CCCCc1cccc2c1sc1ccccc12. The summed E-state index contributed by atoms with van der Waals surface area (Å²) in [5, 5.41) is 2.84. The molecule has 0 saturated heterocycles. The van der Waals surface area contributed by atoms with Crippen LogP contribution >= 0.6 is 11.3 Å². The van der Waals surface area contributed by atoms with Crippen LogP contribution in [0.3, 0.4) is 0 Å². The van der Waals surface area contributed by atoms with Gasteiger partial charge >= 0.3 is 0 Å². The number of hydrogen-bond donors (Lipinski definition) is 0. The van der Waals surface area contributed by atoms with Crippen LogP contribution in [0.4, 0.5) is 0 Å². The van der Waals surface area contributed by atoms with E-state index >= 15 is 0 Å². The van der Waals surface area contributed by atoms with Crippen molar-refractivity contribution in [3.63, 3.8) is 0 Å². The van der Waals surface area contributed by atoms with Gasteiger partial charge in [-0.15, -0.1) is 11.3 Å². The molecule has 17 heavy (non-hydrogen) atoms. The van der Waals surface area contributed by atoms with Gasteiger partial charge in [0, 0.05) is 20.2 Å². The number of fused-ring (bicyclic) bond motifs is 3. The first-order valence-corrected chi connectivity index (χ1v) is 7.11. The lowest BCUT2D eigenvalue weighted by molar-refractivity contribution is 0.799. The van der Waals surface area contributed by atoms with Crippen LogP contribution in [-0.4, -0.2) is 0 Å². The van der Waals surface area contributed by atoms with E-state index in [0.29, 0.717) is 0 Å². The van der Waals surface area contributed by atoms with Crippen LogP contribution in [0, 0.1) is 0 Å². The molecule has 3 rings (SSSR count). The van der Waals surface area contributed by atoms with Gasteiger partial charge in [0.05, 0.1) is 0 Å². The minimum Gasteiger partial charge on any atom is -0.135 e. The Balaban J connectivity index is 2.24. The molecule has 0 bridgehead atoms. The number of rotatable bonds is 3. The van der Waals surface area contributed by atoms with E-state index in [4.69, 9.17) is 0 Å². The first-order chi connectivity index (χ1) is 8.40. The molecule has 0 nitrogen and oxygen atoms in total. The zero-order valence-electron chi connectivity index (χ0n) is 10.1. The second kappa shape index (κ2) is 4.50. The van der Waals surface area contributed by atoms with Crippen LogP contribution in [0.1, 0.15) is 25.3 Å². The number of benzene rings is 2. The van der Waals surface area contributed by atoms with Crippen LogP contribution in [0.5, 0.6) is 0 Å². The summed E-state index contributed by atoms with van der Waals surface area (Å²) in [6, 6.07) is 15.5. The van der Waals surface area contributed by atoms with E-state index in [1.54, 1.807) is 0 Å². The highest BCUT2D eigenvalue weighted by molar-refractivity contribution is 7.26. The van der Waals surface area contributed by atoms with E-state index in [0.717, 1.165) is 0 Å². The number of hydrogen-bond acceptors (Lipinski definition) is 1. The predicted molar refractivity (Wildman–Crippen MR) is 77.9 cm³/mol. The van der Waals surface area contributed by atoms with Gasteiger partial charge in [-0.25, -0.2) is 0 Å². The molecule has 0 atom stereocenters. The highest BCUT2D eigenvalue weighted by Crippen LogP contribution is 2.36. The molecule has 3 aromatic rings. The van der Waals surface area contributed by atoms with Gasteiger partial charge in [0.25, 0.3) is 0 Å². The van der Waals surface area contributed by atoms with Crippen LogP contribution in [0.25, 0.3) is 20.2 Å². The van der Waals surface area contributed by atoms with Crippen molar-refractivity contribution in [2.75, 3.05) is 0 Å². The van der Waals surface area contributed by atoms with Gasteiger partial charge < -0.3 is 0 Å². The van der Waals surface area contributed by atoms with Crippen molar-refractivity contribution in [3.8, 4) is 0 Å². The van der Waals surface area contributed by atoms with Gasteiger partial charge in [-0.05, 0) is 24.5 Å². The summed E-state index contributed by atoms with van der Waals surface area (Å²) in [5.41, 5.74) is 1.52. The molecule has 2 aromatic carbocycles. The van der Waals surface area contributed by atoms with E-state index in [9.17, 15) is 0 Å². The van der Waals surface area contributed by atoms with Crippen molar-refractivity contribution in [3.05, 3.63) is 48.0 Å². The Morgan fingerprint density at radius 3 is 2.65 bits per heavy atom. The Morgan fingerprint density at radius 1 is 0.941 bits per heavy atom. The maximum Gasteiger partial charge on any atom is 0.0387 e. The summed E-state index contributed by atoms with van der Waals surface area (Å²) in [6.45, 7) is 2.26. The van der Waals surface area contributed by atoms with Crippen molar-refractivity contribution in [2.24, 2.45) is 0 Å². The van der Waals surface area contributed by atoms with Gasteiger partial charge in [0.15, 0.2) is 0 Å². The van der Waals surface area contributed by atoms with Gasteiger partial charge in [-0.2, -0.15) is 0 Å². The Kier molecular flexibility index (Phi) is 2.86. The molecule has 0 amide bonds. The monoisotopic (exact) mass is 240 g/mol. The lowest BCUT2D eigenvalue weighted by atomic mass is 10.1. The standard InChI is InChI=1S/C16H16S/c1-2-3-7-12-8-6-10-14-13-9-4-5-11-15(13)17-16(12)14/h4-6,8-11H,2-3,7H2,1H3. The third kappa shape index (κ3) is 1.85. The predicted octanol–water partition coefficient (Wildman–Crippen LogP) is 5.40. The van der Waals surface area contributed by atoms with Crippen LogP contribution in [0.15, 0.2) is 42.5 Å². The molecule has 86 valence electrons. The maximum atomic E-state index is 2.29. The molecule has 0 aliphatic carbocycles. The highest BCUT2D eigenvalue weighted by Gasteiger charge is 2.07. The van der Waals surface area contributed by atoms with Gasteiger partial charge in [-0.1, -0.05) is 49.7 Å². The molecular weight excluding hydrogens is 224 g/mol. The van der Waals surface area contributed by atoms with E-state index in [2.05, 4.69) is 49.4 Å². The summed E-state index contributed by atoms with van der Waals surface area (Å²) in [4.78, 5) is 0. The second-order valence-electron chi connectivity index (χ2n) is 4.50. The largest absolute Gasteiger partial charge is 0.135 e. The van der Waals surface area contributed by atoms with Crippen LogP contribution in [-0.2, 0) is 6.42 Å². The molecule has 0 N–H and O–H groups in total. The summed E-state index contributed by atoms with van der Waals surface area (Å²) in [6.07, 6.45) is 3.76. The van der Waals surface area contributed by atoms with Crippen LogP contribution in [0.2, 0.25) is 0 Å². The minimum atomic E-state index is 1.21. The Hall–Kier alpha value is -1.34. The topological polar surface area (TPSA) is 0 Å². The van der Waals surface area contributed by atoms with E-state index in [1.165, 1.54) is 45.0 Å². The van der Waals surface area contributed by atoms with Gasteiger partial charge in [-0.3, -0.25) is 0 Å². The molecule has 0 aliphatic heterocycles. The molecule has 1 heteroatoms. The first-order valence-electron chi connectivity index (χ1n) is 6.29. The van der Waals surface area contributed by atoms with Gasteiger partial charge in [0.1, 0.15) is 0 Å². The molecule has 0 fully saturated rings. The quantitative estimate of drug-likeness (QED) is 0.575. The minimum absolute atomic E-state index is 1.21.